The number of nitrogens with zero attached hydrogens (tertiary/aromatic N) is 1. The van der Waals surface area contributed by atoms with Gasteiger partial charge in [-0.15, -0.1) is 0 Å². The van der Waals surface area contributed by atoms with Crippen LogP contribution in [0, 0.1) is 13.8 Å². The third-order valence-corrected chi connectivity index (χ3v) is 6.82. The number of esters is 1. The van der Waals surface area contributed by atoms with Crippen LogP contribution in [0.1, 0.15) is 52.7 Å². The molecule has 0 N–H and O–H groups in total. The highest BCUT2D eigenvalue weighted by Gasteiger charge is 2.26. The summed E-state index contributed by atoms with van der Waals surface area (Å²) in [5.41, 5.74) is 3.38. The molecule has 1 fully saturated rings. The Balaban J connectivity index is 1.73. The Bertz CT molecular complexity index is 925. The standard InChI is InChI=1S/C22H27NO4S/c1-17-12-18(2)14-19(13-17)16-27-22(24)20-8-7-9-21(15-20)28(25,26)23-10-5-3-4-6-11-23/h7-9,12-15H,3-6,10-11,16H2,1-2H3. The fourth-order valence-corrected chi connectivity index (χ4v) is 5.16. The summed E-state index contributed by atoms with van der Waals surface area (Å²) in [6.07, 6.45) is 3.85. The molecule has 0 radical (unpaired) electrons. The fourth-order valence-electron chi connectivity index (χ4n) is 3.60. The molecule has 0 unspecified atom stereocenters. The van der Waals surface area contributed by atoms with Crippen molar-refractivity contribution >= 4 is 16.0 Å². The number of hydrogen-bond acceptors (Lipinski definition) is 4. The molecule has 0 aliphatic carbocycles. The van der Waals surface area contributed by atoms with Crippen LogP contribution in [0.3, 0.4) is 0 Å². The first kappa shape index (κ1) is 20.6. The highest BCUT2D eigenvalue weighted by molar-refractivity contribution is 7.89. The van der Waals surface area contributed by atoms with Gasteiger partial charge in [-0.1, -0.05) is 48.2 Å². The van der Waals surface area contributed by atoms with Crippen molar-refractivity contribution in [3.05, 3.63) is 64.7 Å². The van der Waals surface area contributed by atoms with Crippen LogP contribution < -0.4 is 0 Å². The van der Waals surface area contributed by atoms with Crippen molar-refractivity contribution < 1.29 is 17.9 Å². The minimum atomic E-state index is -3.59. The number of carbonyl (C=O) groups is 1. The van der Waals surface area contributed by atoms with E-state index >= 15 is 0 Å². The number of ether oxygens (including phenoxy) is 1. The maximum Gasteiger partial charge on any atom is 0.338 e. The maximum absolute atomic E-state index is 12.9. The van der Waals surface area contributed by atoms with Gasteiger partial charge in [-0.25, -0.2) is 13.2 Å². The lowest BCUT2D eigenvalue weighted by atomic mass is 10.1. The normalized spacial score (nSPS) is 15.8. The van der Waals surface area contributed by atoms with Gasteiger partial charge in [0.25, 0.3) is 0 Å². The van der Waals surface area contributed by atoms with Crippen molar-refractivity contribution in [1.29, 1.82) is 0 Å². The molecule has 1 heterocycles. The largest absolute Gasteiger partial charge is 0.457 e. The van der Waals surface area contributed by atoms with Crippen molar-refractivity contribution in [2.24, 2.45) is 0 Å². The average Bonchev–Trinajstić information content (AvgIpc) is 2.95. The van der Waals surface area contributed by atoms with E-state index in [0.717, 1.165) is 42.4 Å². The minimum absolute atomic E-state index is 0.148. The monoisotopic (exact) mass is 401 g/mol. The van der Waals surface area contributed by atoms with Crippen LogP contribution in [0.25, 0.3) is 0 Å². The number of rotatable bonds is 5. The minimum Gasteiger partial charge on any atom is -0.457 e. The van der Waals surface area contributed by atoms with Gasteiger partial charge in [-0.3, -0.25) is 0 Å². The molecule has 0 atom stereocenters. The summed E-state index contributed by atoms with van der Waals surface area (Å²) < 4.78 is 32.8. The summed E-state index contributed by atoms with van der Waals surface area (Å²) in [6, 6.07) is 12.2. The van der Waals surface area contributed by atoms with Gasteiger partial charge in [-0.05, 0) is 50.5 Å². The van der Waals surface area contributed by atoms with Gasteiger partial charge < -0.3 is 4.74 Å². The summed E-state index contributed by atoms with van der Waals surface area (Å²) in [7, 11) is -3.59. The van der Waals surface area contributed by atoms with E-state index in [1.54, 1.807) is 18.2 Å². The maximum atomic E-state index is 12.9. The van der Waals surface area contributed by atoms with E-state index in [1.165, 1.54) is 10.4 Å². The van der Waals surface area contributed by atoms with Crippen LogP contribution in [0.15, 0.2) is 47.4 Å². The molecule has 1 aliphatic rings. The third kappa shape index (κ3) is 5.00. The van der Waals surface area contributed by atoms with Gasteiger partial charge in [0, 0.05) is 13.1 Å². The molecule has 0 bridgehead atoms. The van der Waals surface area contributed by atoms with E-state index in [2.05, 4.69) is 6.07 Å². The number of carbonyl (C=O) groups excluding carboxylic acids is 1. The summed E-state index contributed by atoms with van der Waals surface area (Å²) in [5.74, 6) is -0.521. The molecule has 5 nitrogen and oxygen atoms in total. The summed E-state index contributed by atoms with van der Waals surface area (Å²) in [6.45, 7) is 5.21. The van der Waals surface area contributed by atoms with Crippen molar-refractivity contribution in [3.63, 3.8) is 0 Å². The molecule has 2 aromatic rings. The van der Waals surface area contributed by atoms with E-state index < -0.39 is 16.0 Å². The predicted octanol–water partition coefficient (Wildman–Crippen LogP) is 4.23. The van der Waals surface area contributed by atoms with Crippen LogP contribution in [-0.2, 0) is 21.4 Å². The molecular formula is C22H27NO4S. The molecule has 3 rings (SSSR count). The zero-order chi connectivity index (χ0) is 20.1. The first-order valence-corrected chi connectivity index (χ1v) is 11.1. The van der Waals surface area contributed by atoms with Crippen molar-refractivity contribution in [2.75, 3.05) is 13.1 Å². The first-order valence-electron chi connectivity index (χ1n) is 9.71. The van der Waals surface area contributed by atoms with Crippen LogP contribution in [0.5, 0.6) is 0 Å². The van der Waals surface area contributed by atoms with Gasteiger partial charge in [0.2, 0.25) is 10.0 Å². The molecule has 0 spiro atoms. The molecule has 0 amide bonds. The SMILES string of the molecule is Cc1cc(C)cc(COC(=O)c2cccc(S(=O)(=O)N3CCCCCC3)c2)c1. The second-order valence-corrected chi connectivity index (χ2v) is 9.36. The molecule has 2 aromatic carbocycles. The Morgan fingerprint density at radius 3 is 2.25 bits per heavy atom. The molecule has 0 saturated carbocycles. The Morgan fingerprint density at radius 2 is 1.61 bits per heavy atom. The second-order valence-electron chi connectivity index (χ2n) is 7.42. The summed E-state index contributed by atoms with van der Waals surface area (Å²) in [4.78, 5) is 12.6. The van der Waals surface area contributed by atoms with Gasteiger partial charge in [0.1, 0.15) is 6.61 Å². The second kappa shape index (κ2) is 8.88. The van der Waals surface area contributed by atoms with E-state index in [9.17, 15) is 13.2 Å². The van der Waals surface area contributed by atoms with Crippen molar-refractivity contribution in [2.45, 2.75) is 51.0 Å². The Morgan fingerprint density at radius 1 is 0.964 bits per heavy atom. The summed E-state index contributed by atoms with van der Waals surface area (Å²) in [5, 5.41) is 0. The van der Waals surface area contributed by atoms with Gasteiger partial charge in [-0.2, -0.15) is 4.31 Å². The summed E-state index contributed by atoms with van der Waals surface area (Å²) >= 11 is 0. The fraction of sp³-hybridized carbons (Fsp3) is 0.409. The molecule has 150 valence electrons. The van der Waals surface area contributed by atoms with Crippen LogP contribution in [0.4, 0.5) is 0 Å². The first-order chi connectivity index (χ1) is 13.4. The van der Waals surface area contributed by atoms with Crippen molar-refractivity contribution in [3.8, 4) is 0 Å². The van der Waals surface area contributed by atoms with Crippen LogP contribution >= 0.6 is 0 Å². The topological polar surface area (TPSA) is 63.7 Å². The zero-order valence-electron chi connectivity index (χ0n) is 16.5. The lowest BCUT2D eigenvalue weighted by Gasteiger charge is -2.20. The van der Waals surface area contributed by atoms with Gasteiger partial charge in [0.05, 0.1) is 10.5 Å². The zero-order valence-corrected chi connectivity index (χ0v) is 17.3. The molecule has 1 saturated heterocycles. The quantitative estimate of drug-likeness (QED) is 0.704. The molecular weight excluding hydrogens is 374 g/mol. The van der Waals surface area contributed by atoms with Crippen molar-refractivity contribution in [1.82, 2.24) is 4.31 Å². The van der Waals surface area contributed by atoms with E-state index in [0.29, 0.717) is 13.1 Å². The third-order valence-electron chi connectivity index (χ3n) is 4.92. The van der Waals surface area contributed by atoms with E-state index in [-0.39, 0.29) is 17.1 Å². The molecule has 6 heteroatoms. The average molecular weight is 402 g/mol. The highest BCUT2D eigenvalue weighted by atomic mass is 32.2. The highest BCUT2D eigenvalue weighted by Crippen LogP contribution is 2.21. The number of sulfonamides is 1. The molecule has 0 aromatic heterocycles. The lowest BCUT2D eigenvalue weighted by molar-refractivity contribution is 0.0472. The number of benzene rings is 2. The number of hydrogen-bond donors (Lipinski definition) is 0. The molecule has 1 aliphatic heterocycles. The lowest BCUT2D eigenvalue weighted by Crippen LogP contribution is -2.32. The Labute approximate surface area is 167 Å². The van der Waals surface area contributed by atoms with Crippen LogP contribution in [0.2, 0.25) is 0 Å². The predicted molar refractivity (Wildman–Crippen MR) is 109 cm³/mol. The van der Waals surface area contributed by atoms with Gasteiger partial charge >= 0.3 is 5.97 Å². The van der Waals surface area contributed by atoms with Gasteiger partial charge in [0.15, 0.2) is 0 Å². The Hall–Kier alpha value is -2.18. The molecule has 28 heavy (non-hydrogen) atoms. The number of aryl methyl sites for hydroxylation is 2. The van der Waals surface area contributed by atoms with E-state index in [4.69, 9.17) is 4.74 Å². The van der Waals surface area contributed by atoms with Crippen LogP contribution in [-0.4, -0.2) is 31.8 Å². The van der Waals surface area contributed by atoms with E-state index in [1.807, 2.05) is 26.0 Å². The Kier molecular flexibility index (Phi) is 6.52. The smallest absolute Gasteiger partial charge is 0.338 e.